The van der Waals surface area contributed by atoms with Gasteiger partial charge < -0.3 is 9.47 Å². The molecule has 0 radical (unpaired) electrons. The number of aromatic nitrogens is 3. The Bertz CT molecular complexity index is 695. The maximum absolute atomic E-state index is 11.1. The molecule has 0 aliphatic carbocycles. The molecule has 102 valence electrons. The van der Waals surface area contributed by atoms with Crippen LogP contribution in [0, 0.1) is 0 Å². The van der Waals surface area contributed by atoms with E-state index in [2.05, 4.69) is 15.2 Å². The van der Waals surface area contributed by atoms with Crippen molar-refractivity contribution in [2.45, 2.75) is 5.16 Å². The summed E-state index contributed by atoms with van der Waals surface area (Å²) in [5, 5.41) is 10.6. The number of hydrogen-bond donors (Lipinski definition) is 2. The molecule has 1 aromatic carbocycles. The molecule has 0 saturated heterocycles. The summed E-state index contributed by atoms with van der Waals surface area (Å²) in [6.07, 6.45) is 0. The molecule has 0 bridgehead atoms. The number of sulfonamides is 1. The molecular formula is C10H12N4O4S. The second kappa shape index (κ2) is 4.86. The van der Waals surface area contributed by atoms with Gasteiger partial charge in [-0.2, -0.15) is 10.1 Å². The Morgan fingerprint density at radius 1 is 1.26 bits per heavy atom. The van der Waals surface area contributed by atoms with Crippen LogP contribution in [0.2, 0.25) is 0 Å². The first kappa shape index (κ1) is 13.3. The number of nitrogens with two attached hydrogens (primary N) is 1. The summed E-state index contributed by atoms with van der Waals surface area (Å²) in [7, 11) is -0.929. The second-order valence-electron chi connectivity index (χ2n) is 3.58. The molecule has 0 amide bonds. The number of primary sulfonamides is 1. The molecule has 0 saturated carbocycles. The average Bonchev–Trinajstić information content (AvgIpc) is 2.87. The lowest BCUT2D eigenvalue weighted by Gasteiger charge is -2.07. The Morgan fingerprint density at radius 3 is 2.53 bits per heavy atom. The van der Waals surface area contributed by atoms with Gasteiger partial charge in [-0.1, -0.05) is 0 Å². The smallest absolute Gasteiger partial charge is 0.273 e. The van der Waals surface area contributed by atoms with Crippen LogP contribution in [-0.4, -0.2) is 37.8 Å². The summed E-state index contributed by atoms with van der Waals surface area (Å²) in [4.78, 5) is 3.82. The third-order valence-corrected chi connectivity index (χ3v) is 3.10. The molecule has 2 aromatic rings. The van der Waals surface area contributed by atoms with Gasteiger partial charge in [0, 0.05) is 0 Å². The van der Waals surface area contributed by atoms with Gasteiger partial charge in [-0.3, -0.25) is 0 Å². The molecule has 0 fully saturated rings. The van der Waals surface area contributed by atoms with Gasteiger partial charge in [-0.05, 0) is 18.2 Å². The topological polar surface area (TPSA) is 120 Å². The van der Waals surface area contributed by atoms with Crippen LogP contribution in [0.3, 0.4) is 0 Å². The molecule has 3 N–H and O–H groups in total. The molecule has 19 heavy (non-hydrogen) atoms. The van der Waals surface area contributed by atoms with Crippen molar-refractivity contribution in [3.63, 3.8) is 0 Å². The van der Waals surface area contributed by atoms with Crippen molar-refractivity contribution in [3.05, 3.63) is 18.2 Å². The first-order valence-electron chi connectivity index (χ1n) is 5.13. The number of nitrogens with one attached hydrogen (secondary N) is 1. The summed E-state index contributed by atoms with van der Waals surface area (Å²) in [6, 6.07) is 5.01. The number of benzene rings is 1. The van der Waals surface area contributed by atoms with Crippen molar-refractivity contribution < 1.29 is 17.9 Å². The van der Waals surface area contributed by atoms with E-state index >= 15 is 0 Å². The standard InChI is InChI=1S/C10H12N4O4S/c1-17-6-3-4-8(18-2)7(5-6)9-12-10(14-13-9)19(11,15)16/h3-5H,1-2H3,(H2,11,15,16)(H,12,13,14). The molecule has 0 spiro atoms. The van der Waals surface area contributed by atoms with Gasteiger partial charge in [0.1, 0.15) is 11.5 Å². The van der Waals surface area contributed by atoms with E-state index in [0.29, 0.717) is 17.1 Å². The van der Waals surface area contributed by atoms with Crippen LogP contribution in [-0.2, 0) is 10.0 Å². The number of H-pyrrole nitrogens is 1. The van der Waals surface area contributed by atoms with Crippen molar-refractivity contribution in [3.8, 4) is 22.9 Å². The molecular weight excluding hydrogens is 272 g/mol. The third kappa shape index (κ3) is 2.66. The minimum Gasteiger partial charge on any atom is -0.497 e. The lowest BCUT2D eigenvalue weighted by Crippen LogP contribution is -2.13. The first-order chi connectivity index (χ1) is 8.95. The molecule has 1 aromatic heterocycles. The zero-order chi connectivity index (χ0) is 14.0. The van der Waals surface area contributed by atoms with E-state index in [1.54, 1.807) is 18.2 Å². The predicted molar refractivity (Wildman–Crippen MR) is 66.3 cm³/mol. The molecule has 0 aliphatic heterocycles. The van der Waals surface area contributed by atoms with Crippen molar-refractivity contribution in [2.75, 3.05) is 14.2 Å². The van der Waals surface area contributed by atoms with E-state index in [9.17, 15) is 8.42 Å². The average molecular weight is 284 g/mol. The summed E-state index contributed by atoms with van der Waals surface area (Å²) < 4.78 is 32.5. The van der Waals surface area contributed by atoms with E-state index in [0.717, 1.165) is 0 Å². The second-order valence-corrected chi connectivity index (χ2v) is 5.05. The first-order valence-corrected chi connectivity index (χ1v) is 6.68. The number of aromatic amines is 1. The lowest BCUT2D eigenvalue weighted by atomic mass is 10.2. The van der Waals surface area contributed by atoms with Gasteiger partial charge in [-0.25, -0.2) is 18.7 Å². The van der Waals surface area contributed by atoms with Crippen molar-refractivity contribution in [1.82, 2.24) is 15.2 Å². The normalized spacial score (nSPS) is 11.3. The van der Waals surface area contributed by atoms with Gasteiger partial charge in [0.2, 0.25) is 0 Å². The van der Waals surface area contributed by atoms with E-state index in [-0.39, 0.29) is 5.82 Å². The third-order valence-electron chi connectivity index (χ3n) is 2.38. The van der Waals surface area contributed by atoms with E-state index in [4.69, 9.17) is 14.6 Å². The van der Waals surface area contributed by atoms with Gasteiger partial charge in [-0.15, -0.1) is 0 Å². The molecule has 2 rings (SSSR count). The SMILES string of the molecule is COc1ccc(OC)c(-c2n[nH]c(S(N)(=O)=O)n2)c1. The highest BCUT2D eigenvalue weighted by Gasteiger charge is 2.17. The Labute approximate surface area is 109 Å². The summed E-state index contributed by atoms with van der Waals surface area (Å²) in [5.74, 6) is 1.21. The molecule has 8 nitrogen and oxygen atoms in total. The van der Waals surface area contributed by atoms with E-state index in [1.165, 1.54) is 14.2 Å². The zero-order valence-corrected chi connectivity index (χ0v) is 11.1. The van der Waals surface area contributed by atoms with Crippen LogP contribution in [0.25, 0.3) is 11.4 Å². The van der Waals surface area contributed by atoms with Crippen LogP contribution in [0.1, 0.15) is 0 Å². The van der Waals surface area contributed by atoms with Crippen molar-refractivity contribution in [2.24, 2.45) is 5.14 Å². The van der Waals surface area contributed by atoms with Gasteiger partial charge >= 0.3 is 0 Å². The fraction of sp³-hybridized carbons (Fsp3) is 0.200. The van der Waals surface area contributed by atoms with Gasteiger partial charge in [0.05, 0.1) is 19.8 Å². The molecule has 0 aliphatic rings. The highest BCUT2D eigenvalue weighted by molar-refractivity contribution is 7.89. The quantitative estimate of drug-likeness (QED) is 0.823. The Morgan fingerprint density at radius 2 is 2.00 bits per heavy atom. The predicted octanol–water partition coefficient (Wildman–Crippen LogP) is 0.136. The monoisotopic (exact) mass is 284 g/mol. The maximum atomic E-state index is 11.1. The minimum atomic E-state index is -3.93. The van der Waals surface area contributed by atoms with Crippen LogP contribution in [0.15, 0.2) is 23.4 Å². The molecule has 0 atom stereocenters. The highest BCUT2D eigenvalue weighted by Crippen LogP contribution is 2.31. The van der Waals surface area contributed by atoms with E-state index in [1.807, 2.05) is 0 Å². The van der Waals surface area contributed by atoms with Crippen LogP contribution < -0.4 is 14.6 Å². The number of nitrogens with zero attached hydrogens (tertiary/aromatic N) is 2. The Hall–Kier alpha value is -2.13. The summed E-state index contributed by atoms with van der Waals surface area (Å²) in [6.45, 7) is 0. The van der Waals surface area contributed by atoms with Crippen molar-refractivity contribution in [1.29, 1.82) is 0 Å². The number of ether oxygens (including phenoxy) is 2. The maximum Gasteiger partial charge on any atom is 0.273 e. The Balaban J connectivity index is 2.54. The molecule has 1 heterocycles. The van der Waals surface area contributed by atoms with Gasteiger partial charge in [0.25, 0.3) is 15.2 Å². The van der Waals surface area contributed by atoms with Crippen LogP contribution >= 0.6 is 0 Å². The summed E-state index contributed by atoms with van der Waals surface area (Å²) in [5.41, 5.74) is 0.494. The van der Waals surface area contributed by atoms with E-state index < -0.39 is 15.2 Å². The number of methoxy groups -OCH3 is 2. The summed E-state index contributed by atoms with van der Waals surface area (Å²) >= 11 is 0. The largest absolute Gasteiger partial charge is 0.497 e. The Kier molecular flexibility index (Phi) is 3.40. The fourth-order valence-corrected chi connectivity index (χ4v) is 1.87. The van der Waals surface area contributed by atoms with Crippen LogP contribution in [0.5, 0.6) is 11.5 Å². The van der Waals surface area contributed by atoms with Crippen LogP contribution in [0.4, 0.5) is 0 Å². The molecule has 0 unspecified atom stereocenters. The van der Waals surface area contributed by atoms with Crippen molar-refractivity contribution >= 4 is 10.0 Å². The minimum absolute atomic E-state index is 0.153. The number of hydrogen-bond acceptors (Lipinski definition) is 6. The fourth-order valence-electron chi connectivity index (χ4n) is 1.48. The van der Waals surface area contributed by atoms with Gasteiger partial charge in [0.15, 0.2) is 5.82 Å². The lowest BCUT2D eigenvalue weighted by molar-refractivity contribution is 0.404. The highest BCUT2D eigenvalue weighted by atomic mass is 32.2. The number of rotatable bonds is 4. The molecule has 9 heteroatoms. The zero-order valence-electron chi connectivity index (χ0n) is 10.2.